The maximum Gasteiger partial charge on any atom is 0.262 e. The average Bonchev–Trinajstić information content (AvgIpc) is 3.02. The van der Waals surface area contributed by atoms with E-state index in [2.05, 4.69) is 15.0 Å². The summed E-state index contributed by atoms with van der Waals surface area (Å²) in [7, 11) is -3.34. The van der Waals surface area contributed by atoms with Crippen LogP contribution in [-0.4, -0.2) is 44.2 Å². The van der Waals surface area contributed by atoms with E-state index < -0.39 is 15.6 Å². The Bertz CT molecular complexity index is 957. The van der Waals surface area contributed by atoms with Crippen molar-refractivity contribution in [2.75, 3.05) is 29.6 Å². The van der Waals surface area contributed by atoms with Gasteiger partial charge in [-0.05, 0) is 44.0 Å². The number of hydrogen-bond donors (Lipinski definition) is 2. The number of para-hydroxylation sites is 1. The van der Waals surface area contributed by atoms with Gasteiger partial charge in [-0.3, -0.25) is 4.79 Å². The topological polar surface area (TPSA) is 91.4 Å². The third-order valence-electron chi connectivity index (χ3n) is 4.33. The molecule has 3 rings (SSSR count). The van der Waals surface area contributed by atoms with E-state index in [9.17, 15) is 13.2 Å². The van der Waals surface area contributed by atoms with E-state index in [0.29, 0.717) is 17.9 Å². The second kappa shape index (κ2) is 7.28. The number of fused-ring (bicyclic) bond motifs is 1. The van der Waals surface area contributed by atoms with Crippen molar-refractivity contribution in [1.29, 1.82) is 0 Å². The zero-order valence-corrected chi connectivity index (χ0v) is 16.5. The van der Waals surface area contributed by atoms with Crippen molar-refractivity contribution >= 4 is 27.4 Å². The first-order chi connectivity index (χ1) is 12.7. The monoisotopic (exact) mass is 388 g/mol. The van der Waals surface area contributed by atoms with Gasteiger partial charge >= 0.3 is 0 Å². The summed E-state index contributed by atoms with van der Waals surface area (Å²) in [4.78, 5) is 19.2. The van der Waals surface area contributed by atoms with Crippen LogP contribution in [-0.2, 0) is 16.4 Å². The van der Waals surface area contributed by atoms with Gasteiger partial charge in [-0.2, -0.15) is 0 Å². The fraction of sp³-hybridized carbons (Fsp3) is 0.368. The largest absolute Gasteiger partial charge is 0.368 e. The summed E-state index contributed by atoms with van der Waals surface area (Å²) in [5.74, 6) is 0.319. The van der Waals surface area contributed by atoms with Crippen LogP contribution in [0.2, 0.25) is 0 Å². The molecule has 8 heteroatoms. The molecular formula is C19H24N4O3S. The Kier molecular flexibility index (Phi) is 5.21. The molecule has 2 heterocycles. The lowest BCUT2D eigenvalue weighted by Crippen LogP contribution is -2.48. The van der Waals surface area contributed by atoms with Crippen LogP contribution in [0.4, 0.5) is 11.5 Å². The summed E-state index contributed by atoms with van der Waals surface area (Å²) in [6, 6.07) is 11.3. The Hall–Kier alpha value is -2.45. The zero-order chi connectivity index (χ0) is 19.7. The van der Waals surface area contributed by atoms with E-state index in [4.69, 9.17) is 0 Å². The highest BCUT2D eigenvalue weighted by Gasteiger charge is 2.28. The van der Waals surface area contributed by atoms with Crippen LogP contribution >= 0.6 is 0 Å². The number of pyridine rings is 1. The van der Waals surface area contributed by atoms with Crippen molar-refractivity contribution in [1.82, 2.24) is 9.71 Å². The van der Waals surface area contributed by atoms with Gasteiger partial charge in [0.05, 0.1) is 11.8 Å². The molecule has 0 saturated heterocycles. The van der Waals surface area contributed by atoms with Crippen LogP contribution in [0.1, 0.15) is 29.8 Å². The first kappa shape index (κ1) is 19.3. The molecule has 0 atom stereocenters. The molecule has 1 aromatic carbocycles. The van der Waals surface area contributed by atoms with E-state index in [1.165, 1.54) is 0 Å². The molecule has 0 bridgehead atoms. The van der Waals surface area contributed by atoms with E-state index in [-0.39, 0.29) is 12.5 Å². The van der Waals surface area contributed by atoms with Crippen molar-refractivity contribution in [3.8, 4) is 0 Å². The molecule has 2 aromatic rings. The standard InChI is InChI=1S/C19H24N4O3S/c1-19(2,22-27(3,25)26)13-21-17-15(8-6-11-20-17)18(24)23-12-10-14-7-4-5-9-16(14)23/h4-9,11,22H,10,12-13H2,1-3H3,(H,20,21). The summed E-state index contributed by atoms with van der Waals surface area (Å²) in [6.07, 6.45) is 3.56. The van der Waals surface area contributed by atoms with Gasteiger partial charge < -0.3 is 10.2 Å². The molecule has 1 aromatic heterocycles. The highest BCUT2D eigenvalue weighted by Crippen LogP contribution is 2.30. The Labute approximate surface area is 159 Å². The number of carbonyl (C=O) groups is 1. The molecular weight excluding hydrogens is 364 g/mol. The summed E-state index contributed by atoms with van der Waals surface area (Å²) in [5.41, 5.74) is 1.81. The van der Waals surface area contributed by atoms with Gasteiger partial charge in [0.25, 0.3) is 5.91 Å². The molecule has 1 aliphatic rings. The molecule has 0 radical (unpaired) electrons. The van der Waals surface area contributed by atoms with Crippen LogP contribution in [0, 0.1) is 0 Å². The number of amides is 1. The van der Waals surface area contributed by atoms with Gasteiger partial charge in [0.15, 0.2) is 0 Å². The van der Waals surface area contributed by atoms with Gasteiger partial charge in [0, 0.05) is 30.5 Å². The number of nitrogens with one attached hydrogen (secondary N) is 2. The normalized spacial score (nSPS) is 14.1. The fourth-order valence-electron chi connectivity index (χ4n) is 3.26. The maximum absolute atomic E-state index is 13.1. The van der Waals surface area contributed by atoms with Gasteiger partial charge in [-0.15, -0.1) is 0 Å². The van der Waals surface area contributed by atoms with Gasteiger partial charge in [-0.25, -0.2) is 18.1 Å². The molecule has 27 heavy (non-hydrogen) atoms. The molecule has 0 spiro atoms. The molecule has 0 unspecified atom stereocenters. The quantitative estimate of drug-likeness (QED) is 0.790. The van der Waals surface area contributed by atoms with E-state index in [1.807, 2.05) is 24.3 Å². The molecule has 0 fully saturated rings. The second-order valence-corrected chi connectivity index (χ2v) is 9.10. The molecule has 1 amide bonds. The van der Waals surface area contributed by atoms with E-state index in [0.717, 1.165) is 23.9 Å². The Morgan fingerprint density at radius 2 is 1.96 bits per heavy atom. The Morgan fingerprint density at radius 3 is 2.70 bits per heavy atom. The summed E-state index contributed by atoms with van der Waals surface area (Å²) in [6.45, 7) is 4.45. The number of rotatable bonds is 6. The van der Waals surface area contributed by atoms with Crippen molar-refractivity contribution in [2.45, 2.75) is 25.8 Å². The summed E-state index contributed by atoms with van der Waals surface area (Å²) in [5, 5.41) is 3.12. The lowest BCUT2D eigenvalue weighted by Gasteiger charge is -2.26. The molecule has 0 saturated carbocycles. The van der Waals surface area contributed by atoms with Crippen molar-refractivity contribution in [3.05, 3.63) is 53.7 Å². The van der Waals surface area contributed by atoms with Crippen molar-refractivity contribution < 1.29 is 13.2 Å². The van der Waals surface area contributed by atoms with Crippen LogP contribution in [0.15, 0.2) is 42.6 Å². The van der Waals surface area contributed by atoms with Crippen LogP contribution in [0.3, 0.4) is 0 Å². The third-order valence-corrected chi connectivity index (χ3v) is 5.25. The number of hydrogen-bond acceptors (Lipinski definition) is 5. The van der Waals surface area contributed by atoms with Gasteiger partial charge in [0.1, 0.15) is 5.82 Å². The van der Waals surface area contributed by atoms with Crippen LogP contribution < -0.4 is 14.9 Å². The SMILES string of the molecule is CC(C)(CNc1ncccc1C(=O)N1CCc2ccccc21)NS(C)(=O)=O. The molecule has 7 nitrogen and oxygen atoms in total. The van der Waals surface area contributed by atoms with Gasteiger partial charge in [-0.1, -0.05) is 18.2 Å². The highest BCUT2D eigenvalue weighted by atomic mass is 32.2. The Morgan fingerprint density at radius 1 is 1.22 bits per heavy atom. The lowest BCUT2D eigenvalue weighted by atomic mass is 10.1. The van der Waals surface area contributed by atoms with Gasteiger partial charge in [0.2, 0.25) is 10.0 Å². The van der Waals surface area contributed by atoms with E-state index in [1.54, 1.807) is 37.1 Å². The number of anilines is 2. The summed E-state index contributed by atoms with van der Waals surface area (Å²) < 4.78 is 25.6. The van der Waals surface area contributed by atoms with Crippen LogP contribution in [0.25, 0.3) is 0 Å². The predicted molar refractivity (Wildman–Crippen MR) is 107 cm³/mol. The first-order valence-corrected chi connectivity index (χ1v) is 10.6. The molecule has 2 N–H and O–H groups in total. The molecule has 0 aliphatic carbocycles. The second-order valence-electron chi connectivity index (χ2n) is 7.35. The average molecular weight is 388 g/mol. The molecule has 1 aliphatic heterocycles. The van der Waals surface area contributed by atoms with Crippen molar-refractivity contribution in [2.24, 2.45) is 0 Å². The Balaban J connectivity index is 1.80. The minimum absolute atomic E-state index is 0.121. The van der Waals surface area contributed by atoms with Crippen molar-refractivity contribution in [3.63, 3.8) is 0 Å². The number of carbonyl (C=O) groups excluding carboxylic acids is 1. The fourth-order valence-corrected chi connectivity index (χ4v) is 4.33. The van der Waals surface area contributed by atoms with E-state index >= 15 is 0 Å². The zero-order valence-electron chi connectivity index (χ0n) is 15.7. The number of benzene rings is 1. The first-order valence-electron chi connectivity index (χ1n) is 8.74. The maximum atomic E-state index is 13.1. The predicted octanol–water partition coefficient (Wildman–Crippen LogP) is 2.02. The third kappa shape index (κ3) is 4.64. The number of nitrogens with zero attached hydrogens (tertiary/aromatic N) is 2. The smallest absolute Gasteiger partial charge is 0.262 e. The number of aromatic nitrogens is 1. The highest BCUT2D eigenvalue weighted by molar-refractivity contribution is 7.88. The minimum Gasteiger partial charge on any atom is -0.368 e. The van der Waals surface area contributed by atoms with Crippen LogP contribution in [0.5, 0.6) is 0 Å². The lowest BCUT2D eigenvalue weighted by molar-refractivity contribution is 0.0989. The molecule has 144 valence electrons. The minimum atomic E-state index is -3.34. The number of sulfonamides is 1. The summed E-state index contributed by atoms with van der Waals surface area (Å²) >= 11 is 0.